The normalized spacial score (nSPS) is 12.6. The molecule has 6 heteroatoms. The number of hydrogen-bond donors (Lipinski definition) is 1. The van der Waals surface area contributed by atoms with Crippen molar-refractivity contribution in [3.8, 4) is 11.4 Å². The van der Waals surface area contributed by atoms with Gasteiger partial charge in [0, 0.05) is 5.56 Å². The Kier molecular flexibility index (Phi) is 4.33. The predicted octanol–water partition coefficient (Wildman–Crippen LogP) is 2.63. The molecule has 0 spiro atoms. The van der Waals surface area contributed by atoms with Crippen LogP contribution < -0.4 is 5.73 Å². The van der Waals surface area contributed by atoms with Crippen molar-refractivity contribution in [1.82, 2.24) is 10.1 Å². The fourth-order valence-electron chi connectivity index (χ4n) is 1.50. The van der Waals surface area contributed by atoms with E-state index >= 15 is 0 Å². The Labute approximate surface area is 109 Å². The largest absolute Gasteiger partial charge is 0.337 e. The molecule has 1 aromatic carbocycles. The van der Waals surface area contributed by atoms with E-state index in [2.05, 4.69) is 10.1 Å². The summed E-state index contributed by atoms with van der Waals surface area (Å²) in [6.07, 6.45) is 2.78. The lowest BCUT2D eigenvalue weighted by atomic mass is 10.2. The van der Waals surface area contributed by atoms with E-state index in [9.17, 15) is 4.39 Å². The van der Waals surface area contributed by atoms with Crippen molar-refractivity contribution in [2.45, 2.75) is 12.5 Å². The molecule has 0 amide bonds. The Bertz CT molecular complexity index is 518. The van der Waals surface area contributed by atoms with Crippen molar-refractivity contribution in [2.75, 3.05) is 12.0 Å². The van der Waals surface area contributed by atoms with Crippen LogP contribution >= 0.6 is 11.8 Å². The zero-order valence-corrected chi connectivity index (χ0v) is 10.8. The second-order valence-corrected chi connectivity index (χ2v) is 4.84. The van der Waals surface area contributed by atoms with Gasteiger partial charge in [-0.15, -0.1) is 0 Å². The highest BCUT2D eigenvalue weighted by Gasteiger charge is 2.15. The standard InChI is InChI=1S/C12H14FN3OS/c1-18-6-5-10(14)12-15-11(16-17-12)8-3-2-4-9(13)7-8/h2-4,7,10H,5-6,14H2,1H3. The third-order valence-corrected chi connectivity index (χ3v) is 3.12. The molecule has 1 unspecified atom stereocenters. The van der Waals surface area contributed by atoms with Crippen LogP contribution in [0.3, 0.4) is 0 Å². The minimum Gasteiger partial charge on any atom is -0.337 e. The van der Waals surface area contributed by atoms with Crippen LogP contribution in [-0.2, 0) is 0 Å². The van der Waals surface area contributed by atoms with E-state index in [0.29, 0.717) is 17.3 Å². The van der Waals surface area contributed by atoms with Gasteiger partial charge in [-0.2, -0.15) is 16.7 Å². The number of benzene rings is 1. The first-order chi connectivity index (χ1) is 8.70. The predicted molar refractivity (Wildman–Crippen MR) is 69.6 cm³/mol. The van der Waals surface area contributed by atoms with E-state index in [4.69, 9.17) is 10.3 Å². The Morgan fingerprint density at radius 1 is 1.50 bits per heavy atom. The quantitative estimate of drug-likeness (QED) is 0.902. The molecule has 2 aromatic rings. The molecule has 2 rings (SSSR count). The van der Waals surface area contributed by atoms with Crippen LogP contribution in [0.1, 0.15) is 18.4 Å². The molecule has 0 saturated heterocycles. The van der Waals surface area contributed by atoms with Crippen LogP contribution in [0.4, 0.5) is 4.39 Å². The first-order valence-corrected chi connectivity index (χ1v) is 6.94. The topological polar surface area (TPSA) is 64.9 Å². The number of aromatic nitrogens is 2. The van der Waals surface area contributed by atoms with E-state index in [1.165, 1.54) is 12.1 Å². The van der Waals surface area contributed by atoms with E-state index in [1.807, 2.05) is 6.26 Å². The van der Waals surface area contributed by atoms with Gasteiger partial charge in [0.25, 0.3) is 0 Å². The van der Waals surface area contributed by atoms with Gasteiger partial charge in [0.2, 0.25) is 11.7 Å². The Balaban J connectivity index is 2.15. The SMILES string of the molecule is CSCCC(N)c1nc(-c2cccc(F)c2)no1. The van der Waals surface area contributed by atoms with Crippen LogP contribution in [0.25, 0.3) is 11.4 Å². The molecule has 0 aliphatic heterocycles. The minimum absolute atomic E-state index is 0.271. The third kappa shape index (κ3) is 3.08. The highest BCUT2D eigenvalue weighted by Crippen LogP contribution is 2.20. The molecule has 1 aromatic heterocycles. The summed E-state index contributed by atoms with van der Waals surface area (Å²) in [6.45, 7) is 0. The first kappa shape index (κ1) is 13.0. The number of nitrogens with zero attached hydrogens (tertiary/aromatic N) is 2. The highest BCUT2D eigenvalue weighted by molar-refractivity contribution is 7.98. The molecule has 18 heavy (non-hydrogen) atoms. The maximum absolute atomic E-state index is 13.1. The van der Waals surface area contributed by atoms with Gasteiger partial charge in [-0.3, -0.25) is 0 Å². The van der Waals surface area contributed by atoms with Gasteiger partial charge < -0.3 is 10.3 Å². The molecule has 0 fully saturated rings. The van der Waals surface area contributed by atoms with Crippen LogP contribution in [0.15, 0.2) is 28.8 Å². The molecule has 0 bridgehead atoms. The maximum Gasteiger partial charge on any atom is 0.243 e. The number of thioether (sulfide) groups is 1. The van der Waals surface area contributed by atoms with Gasteiger partial charge >= 0.3 is 0 Å². The van der Waals surface area contributed by atoms with Crippen LogP contribution in [0.5, 0.6) is 0 Å². The van der Waals surface area contributed by atoms with Crippen molar-refractivity contribution >= 4 is 11.8 Å². The number of hydrogen-bond acceptors (Lipinski definition) is 5. The molecule has 4 nitrogen and oxygen atoms in total. The highest BCUT2D eigenvalue weighted by atomic mass is 32.2. The molecule has 0 aliphatic carbocycles. The molecule has 1 atom stereocenters. The average molecular weight is 267 g/mol. The second kappa shape index (κ2) is 5.97. The van der Waals surface area contributed by atoms with E-state index in [-0.39, 0.29) is 11.9 Å². The summed E-state index contributed by atoms with van der Waals surface area (Å²) in [6, 6.07) is 5.79. The molecule has 0 saturated carbocycles. The molecule has 0 radical (unpaired) electrons. The first-order valence-electron chi connectivity index (χ1n) is 5.55. The fourth-order valence-corrected chi connectivity index (χ4v) is 1.99. The summed E-state index contributed by atoms with van der Waals surface area (Å²) in [5, 5.41) is 3.82. The lowest BCUT2D eigenvalue weighted by molar-refractivity contribution is 0.353. The van der Waals surface area contributed by atoms with Crippen molar-refractivity contribution in [1.29, 1.82) is 0 Å². The smallest absolute Gasteiger partial charge is 0.243 e. The summed E-state index contributed by atoms with van der Waals surface area (Å²) in [5.74, 6) is 1.36. The summed E-state index contributed by atoms with van der Waals surface area (Å²) in [5.41, 5.74) is 6.50. The number of rotatable bonds is 5. The minimum atomic E-state index is -0.328. The molecule has 1 heterocycles. The Hall–Kier alpha value is -1.40. The monoisotopic (exact) mass is 267 g/mol. The molecule has 0 aliphatic rings. The second-order valence-electron chi connectivity index (χ2n) is 3.85. The fraction of sp³-hybridized carbons (Fsp3) is 0.333. The van der Waals surface area contributed by atoms with Crippen molar-refractivity contribution in [2.24, 2.45) is 5.73 Å². The zero-order chi connectivity index (χ0) is 13.0. The maximum atomic E-state index is 13.1. The van der Waals surface area contributed by atoms with Crippen LogP contribution in [0.2, 0.25) is 0 Å². The Morgan fingerprint density at radius 2 is 2.33 bits per heavy atom. The van der Waals surface area contributed by atoms with Gasteiger partial charge in [0.1, 0.15) is 5.82 Å². The van der Waals surface area contributed by atoms with Gasteiger partial charge in [0.05, 0.1) is 6.04 Å². The van der Waals surface area contributed by atoms with E-state index in [0.717, 1.165) is 12.2 Å². The van der Waals surface area contributed by atoms with Crippen molar-refractivity contribution in [3.05, 3.63) is 36.0 Å². The molecular formula is C12H14FN3OS. The Morgan fingerprint density at radius 3 is 3.06 bits per heavy atom. The van der Waals surface area contributed by atoms with Gasteiger partial charge in [-0.05, 0) is 30.6 Å². The van der Waals surface area contributed by atoms with E-state index < -0.39 is 0 Å². The number of nitrogens with two attached hydrogens (primary N) is 1. The zero-order valence-electron chi connectivity index (χ0n) is 9.97. The van der Waals surface area contributed by atoms with E-state index in [1.54, 1.807) is 23.9 Å². The van der Waals surface area contributed by atoms with Crippen molar-refractivity contribution in [3.63, 3.8) is 0 Å². The third-order valence-electron chi connectivity index (χ3n) is 2.47. The lowest BCUT2D eigenvalue weighted by Gasteiger charge is -2.03. The summed E-state index contributed by atoms with van der Waals surface area (Å²) in [4.78, 5) is 4.20. The average Bonchev–Trinajstić information content (AvgIpc) is 2.85. The van der Waals surface area contributed by atoms with Crippen LogP contribution in [0, 0.1) is 5.82 Å². The molecule has 2 N–H and O–H groups in total. The van der Waals surface area contributed by atoms with Gasteiger partial charge in [0.15, 0.2) is 0 Å². The van der Waals surface area contributed by atoms with Crippen molar-refractivity contribution < 1.29 is 8.91 Å². The summed E-state index contributed by atoms with van der Waals surface area (Å²) >= 11 is 1.71. The number of halogens is 1. The summed E-state index contributed by atoms with van der Waals surface area (Å²) in [7, 11) is 0. The molecular weight excluding hydrogens is 253 g/mol. The van der Waals surface area contributed by atoms with Gasteiger partial charge in [-0.25, -0.2) is 4.39 Å². The lowest BCUT2D eigenvalue weighted by Crippen LogP contribution is -2.11. The van der Waals surface area contributed by atoms with Gasteiger partial charge in [-0.1, -0.05) is 17.3 Å². The molecule has 96 valence electrons. The van der Waals surface area contributed by atoms with Crippen LogP contribution in [-0.4, -0.2) is 22.1 Å². The summed E-state index contributed by atoms with van der Waals surface area (Å²) < 4.78 is 18.2.